The molecule has 1 heterocycles. The quantitative estimate of drug-likeness (QED) is 0.739. The van der Waals surface area contributed by atoms with Crippen molar-refractivity contribution in [1.29, 1.82) is 0 Å². The van der Waals surface area contributed by atoms with Crippen molar-refractivity contribution in [2.75, 3.05) is 41.3 Å². The van der Waals surface area contributed by atoms with Crippen molar-refractivity contribution in [2.24, 2.45) is 0 Å². The van der Waals surface area contributed by atoms with E-state index in [1.165, 1.54) is 5.69 Å². The summed E-state index contributed by atoms with van der Waals surface area (Å²) in [6.07, 6.45) is 3.57. The largest absolute Gasteiger partial charge is 0.314 e. The van der Waals surface area contributed by atoms with Gasteiger partial charge in [0.1, 0.15) is 5.82 Å². The van der Waals surface area contributed by atoms with Crippen molar-refractivity contribution in [3.63, 3.8) is 0 Å². The molecule has 1 N–H and O–H groups in total. The summed E-state index contributed by atoms with van der Waals surface area (Å²) in [5.74, 6) is 0.848. The van der Waals surface area contributed by atoms with Gasteiger partial charge in [-0.3, -0.25) is 4.90 Å². The molecule has 0 aromatic carbocycles. The summed E-state index contributed by atoms with van der Waals surface area (Å²) in [6, 6.07) is 0. The van der Waals surface area contributed by atoms with Crippen LogP contribution in [0.15, 0.2) is 13.2 Å². The SMILES string of the molecule is C=Cc1nc(CNC)c(CN(C)CCN(C)C)n1C=C. The van der Waals surface area contributed by atoms with Crippen LogP contribution in [0.3, 0.4) is 0 Å². The monoisotopic (exact) mass is 277 g/mol. The molecule has 0 unspecified atom stereocenters. The molecule has 0 saturated carbocycles. The fourth-order valence-corrected chi connectivity index (χ4v) is 2.06. The summed E-state index contributed by atoms with van der Waals surface area (Å²) in [7, 11) is 8.23. The van der Waals surface area contributed by atoms with Crippen LogP contribution in [0.4, 0.5) is 0 Å². The van der Waals surface area contributed by atoms with E-state index in [1.807, 2.05) is 11.6 Å². The average molecular weight is 277 g/mol. The second-order valence-electron chi connectivity index (χ2n) is 5.19. The van der Waals surface area contributed by atoms with Crippen LogP contribution in [0, 0.1) is 0 Å². The zero-order valence-corrected chi connectivity index (χ0v) is 13.2. The highest BCUT2D eigenvalue weighted by Gasteiger charge is 2.15. The second kappa shape index (κ2) is 7.99. The third kappa shape index (κ3) is 4.30. The van der Waals surface area contributed by atoms with E-state index >= 15 is 0 Å². The van der Waals surface area contributed by atoms with Crippen LogP contribution < -0.4 is 5.32 Å². The molecule has 20 heavy (non-hydrogen) atoms. The summed E-state index contributed by atoms with van der Waals surface area (Å²) < 4.78 is 2.02. The molecule has 0 aliphatic carbocycles. The number of likely N-dealkylation sites (N-methyl/N-ethyl adjacent to an activating group) is 2. The molecule has 0 atom stereocenters. The van der Waals surface area contributed by atoms with E-state index in [-0.39, 0.29) is 0 Å². The van der Waals surface area contributed by atoms with E-state index in [0.717, 1.165) is 37.7 Å². The topological polar surface area (TPSA) is 36.3 Å². The van der Waals surface area contributed by atoms with E-state index < -0.39 is 0 Å². The lowest BCUT2D eigenvalue weighted by atomic mass is 10.3. The van der Waals surface area contributed by atoms with E-state index in [0.29, 0.717) is 0 Å². The summed E-state index contributed by atoms with van der Waals surface area (Å²) in [5, 5.41) is 3.17. The third-order valence-corrected chi connectivity index (χ3v) is 3.18. The van der Waals surface area contributed by atoms with Crippen molar-refractivity contribution >= 4 is 12.3 Å². The van der Waals surface area contributed by atoms with Crippen molar-refractivity contribution in [2.45, 2.75) is 13.1 Å². The smallest absolute Gasteiger partial charge is 0.136 e. The molecule has 0 radical (unpaired) electrons. The first-order valence-electron chi connectivity index (χ1n) is 6.86. The van der Waals surface area contributed by atoms with Gasteiger partial charge < -0.3 is 14.8 Å². The van der Waals surface area contributed by atoms with Gasteiger partial charge in [-0.05, 0) is 34.3 Å². The molecule has 0 aliphatic heterocycles. The highest BCUT2D eigenvalue weighted by atomic mass is 15.2. The standard InChI is InChI=1S/C15H27N5/c1-7-15-17-13(11-16-3)14(20(15)8-2)12-19(6)10-9-18(4)5/h7-8,16H,1-2,9-12H2,3-6H3. The van der Waals surface area contributed by atoms with Gasteiger partial charge in [0.25, 0.3) is 0 Å². The van der Waals surface area contributed by atoms with Gasteiger partial charge in [0, 0.05) is 32.4 Å². The maximum atomic E-state index is 4.61. The molecule has 5 heteroatoms. The molecular weight excluding hydrogens is 250 g/mol. The molecule has 1 aromatic rings. The second-order valence-corrected chi connectivity index (χ2v) is 5.19. The van der Waals surface area contributed by atoms with E-state index in [4.69, 9.17) is 0 Å². The van der Waals surface area contributed by atoms with Gasteiger partial charge in [0.15, 0.2) is 0 Å². The molecule has 112 valence electrons. The van der Waals surface area contributed by atoms with Crippen LogP contribution in [-0.4, -0.2) is 60.6 Å². The van der Waals surface area contributed by atoms with Crippen LogP contribution in [0.1, 0.15) is 17.2 Å². The van der Waals surface area contributed by atoms with Crippen LogP contribution in [0.25, 0.3) is 12.3 Å². The number of imidazole rings is 1. The highest BCUT2D eigenvalue weighted by Crippen LogP contribution is 2.15. The maximum absolute atomic E-state index is 4.61. The van der Waals surface area contributed by atoms with Crippen molar-refractivity contribution < 1.29 is 0 Å². The lowest BCUT2D eigenvalue weighted by Crippen LogP contribution is -2.29. The number of nitrogens with zero attached hydrogens (tertiary/aromatic N) is 4. The van der Waals surface area contributed by atoms with Gasteiger partial charge in [-0.2, -0.15) is 0 Å². The number of aromatic nitrogens is 2. The predicted molar refractivity (Wildman–Crippen MR) is 86.4 cm³/mol. The Labute approximate surface area is 122 Å². The number of hydrogen-bond acceptors (Lipinski definition) is 4. The first-order chi connectivity index (χ1) is 9.53. The third-order valence-electron chi connectivity index (χ3n) is 3.18. The lowest BCUT2D eigenvalue weighted by Gasteiger charge is -2.20. The molecule has 0 bridgehead atoms. The predicted octanol–water partition coefficient (Wildman–Crippen LogP) is 1.34. The number of rotatable bonds is 9. The maximum Gasteiger partial charge on any atom is 0.136 e. The van der Waals surface area contributed by atoms with Crippen LogP contribution in [-0.2, 0) is 13.1 Å². The van der Waals surface area contributed by atoms with Crippen molar-refractivity contribution in [1.82, 2.24) is 24.7 Å². The Hall–Kier alpha value is -1.43. The summed E-state index contributed by atoms with van der Waals surface area (Å²) in [5.41, 5.74) is 2.23. The minimum atomic E-state index is 0.749. The molecule has 1 aromatic heterocycles. The van der Waals surface area contributed by atoms with Crippen LogP contribution >= 0.6 is 0 Å². The normalized spacial score (nSPS) is 11.3. The Kier molecular flexibility index (Phi) is 6.64. The van der Waals surface area contributed by atoms with Gasteiger partial charge in [-0.15, -0.1) is 0 Å². The van der Waals surface area contributed by atoms with Crippen molar-refractivity contribution in [3.05, 3.63) is 30.4 Å². The Morgan fingerprint density at radius 2 is 1.95 bits per heavy atom. The van der Waals surface area contributed by atoms with Gasteiger partial charge >= 0.3 is 0 Å². The van der Waals surface area contributed by atoms with Crippen molar-refractivity contribution in [3.8, 4) is 0 Å². The Morgan fingerprint density at radius 1 is 1.25 bits per heavy atom. The molecule has 0 aliphatic rings. The van der Waals surface area contributed by atoms with Crippen LogP contribution in [0.2, 0.25) is 0 Å². The highest BCUT2D eigenvalue weighted by molar-refractivity contribution is 5.45. The molecule has 1 rings (SSSR count). The zero-order valence-electron chi connectivity index (χ0n) is 13.2. The summed E-state index contributed by atoms with van der Waals surface area (Å²) in [4.78, 5) is 9.09. The fourth-order valence-electron chi connectivity index (χ4n) is 2.06. The van der Waals surface area contributed by atoms with Gasteiger partial charge in [0.05, 0.1) is 11.4 Å². The zero-order chi connectivity index (χ0) is 15.1. The molecule has 0 saturated heterocycles. The Morgan fingerprint density at radius 3 is 2.45 bits per heavy atom. The van der Waals surface area contributed by atoms with E-state index in [9.17, 15) is 0 Å². The van der Waals surface area contributed by atoms with Gasteiger partial charge in [-0.25, -0.2) is 4.98 Å². The first-order valence-corrected chi connectivity index (χ1v) is 6.86. The summed E-state index contributed by atoms with van der Waals surface area (Å²) >= 11 is 0. The molecule has 0 amide bonds. The Balaban J connectivity index is 2.92. The van der Waals surface area contributed by atoms with Crippen LogP contribution in [0.5, 0.6) is 0 Å². The fraction of sp³-hybridized carbons (Fsp3) is 0.533. The number of hydrogen-bond donors (Lipinski definition) is 1. The Bertz CT molecular complexity index is 447. The molecule has 0 spiro atoms. The molecule has 0 fully saturated rings. The van der Waals surface area contributed by atoms with Gasteiger partial charge in [0.2, 0.25) is 0 Å². The number of nitrogens with one attached hydrogen (secondary N) is 1. The van der Waals surface area contributed by atoms with E-state index in [1.54, 1.807) is 12.3 Å². The minimum absolute atomic E-state index is 0.749. The van der Waals surface area contributed by atoms with Gasteiger partial charge in [-0.1, -0.05) is 13.2 Å². The average Bonchev–Trinajstić information content (AvgIpc) is 2.74. The first kappa shape index (κ1) is 16.6. The summed E-state index contributed by atoms with van der Waals surface area (Å²) in [6.45, 7) is 11.3. The molecular formula is C15H27N5. The lowest BCUT2D eigenvalue weighted by molar-refractivity contribution is 0.272. The minimum Gasteiger partial charge on any atom is -0.314 e. The van der Waals surface area contributed by atoms with E-state index in [2.05, 4.69) is 54.4 Å². The molecule has 5 nitrogen and oxygen atoms in total.